The lowest BCUT2D eigenvalue weighted by molar-refractivity contribution is 0.118. The maximum atomic E-state index is 9.21. The summed E-state index contributed by atoms with van der Waals surface area (Å²) in [6.45, 7) is 2.17. The monoisotopic (exact) mass is 298 g/mol. The van der Waals surface area contributed by atoms with Crippen LogP contribution >= 0.6 is 11.6 Å². The number of ether oxygens (including phenoxy) is 2. The number of hydrogen-bond donors (Lipinski definition) is 1. The van der Waals surface area contributed by atoms with Crippen molar-refractivity contribution in [1.29, 1.82) is 0 Å². The average molecular weight is 299 g/mol. The Morgan fingerprint density at radius 2 is 2.15 bits per heavy atom. The predicted molar refractivity (Wildman–Crippen MR) is 80.6 cm³/mol. The fourth-order valence-corrected chi connectivity index (χ4v) is 3.14. The average Bonchev–Trinajstić information content (AvgIpc) is 2.49. The van der Waals surface area contributed by atoms with Crippen molar-refractivity contribution in [3.8, 4) is 11.5 Å². The molecule has 2 rings (SSSR count). The summed E-state index contributed by atoms with van der Waals surface area (Å²) in [7, 11) is 1.59. The summed E-state index contributed by atoms with van der Waals surface area (Å²) in [6.07, 6.45) is 6.06. The summed E-state index contributed by atoms with van der Waals surface area (Å²) in [6, 6.07) is 3.51. The topological polar surface area (TPSA) is 38.7 Å². The van der Waals surface area contributed by atoms with Crippen molar-refractivity contribution < 1.29 is 14.6 Å². The van der Waals surface area contributed by atoms with Gasteiger partial charge in [0.2, 0.25) is 0 Å². The van der Waals surface area contributed by atoms with Crippen LogP contribution in [0.15, 0.2) is 12.1 Å². The fourth-order valence-electron chi connectivity index (χ4n) is 2.87. The molecular formula is C16H23ClO3. The molecule has 1 aromatic rings. The molecule has 4 heteroatoms. The van der Waals surface area contributed by atoms with Gasteiger partial charge in [0.05, 0.1) is 24.8 Å². The zero-order valence-corrected chi connectivity index (χ0v) is 12.9. The second kappa shape index (κ2) is 7.19. The number of hydrogen-bond acceptors (Lipinski definition) is 3. The molecule has 1 aromatic carbocycles. The van der Waals surface area contributed by atoms with E-state index in [1.54, 1.807) is 19.2 Å². The van der Waals surface area contributed by atoms with Gasteiger partial charge in [0.25, 0.3) is 0 Å². The lowest BCUT2D eigenvalue weighted by Gasteiger charge is -2.29. The van der Waals surface area contributed by atoms with Crippen LogP contribution in [0.3, 0.4) is 0 Å². The quantitative estimate of drug-likeness (QED) is 0.886. The zero-order chi connectivity index (χ0) is 14.5. The molecule has 2 atom stereocenters. The van der Waals surface area contributed by atoms with Gasteiger partial charge in [-0.15, -0.1) is 0 Å². The maximum absolute atomic E-state index is 9.21. The molecule has 0 saturated heterocycles. The van der Waals surface area contributed by atoms with Gasteiger partial charge < -0.3 is 14.6 Å². The standard InChI is InChI=1S/C16H23ClO3/c1-3-11-5-4-6-13(7-11)20-16-14(17)8-12(10-18)9-15(16)19-2/h8-9,11,13,18H,3-7,10H2,1-2H3. The Labute approximate surface area is 125 Å². The van der Waals surface area contributed by atoms with Gasteiger partial charge in [-0.1, -0.05) is 31.4 Å². The lowest BCUT2D eigenvalue weighted by Crippen LogP contribution is -2.25. The summed E-state index contributed by atoms with van der Waals surface area (Å²) >= 11 is 6.27. The number of methoxy groups -OCH3 is 1. The lowest BCUT2D eigenvalue weighted by atomic mass is 9.85. The Balaban J connectivity index is 2.15. The molecule has 0 radical (unpaired) electrons. The van der Waals surface area contributed by atoms with E-state index in [1.807, 2.05) is 0 Å². The van der Waals surface area contributed by atoms with E-state index in [9.17, 15) is 5.11 Å². The van der Waals surface area contributed by atoms with E-state index >= 15 is 0 Å². The number of benzene rings is 1. The highest BCUT2D eigenvalue weighted by molar-refractivity contribution is 6.32. The molecule has 3 nitrogen and oxygen atoms in total. The van der Waals surface area contributed by atoms with Crippen LogP contribution in [0.25, 0.3) is 0 Å². The van der Waals surface area contributed by atoms with Crippen molar-refractivity contribution in [1.82, 2.24) is 0 Å². The Hall–Kier alpha value is -0.930. The van der Waals surface area contributed by atoms with E-state index in [4.69, 9.17) is 21.1 Å². The van der Waals surface area contributed by atoms with Crippen molar-refractivity contribution in [2.24, 2.45) is 5.92 Å². The predicted octanol–water partition coefficient (Wildman–Crippen LogP) is 4.19. The summed E-state index contributed by atoms with van der Waals surface area (Å²) in [5.41, 5.74) is 0.731. The molecule has 0 aromatic heterocycles. The second-order valence-electron chi connectivity index (χ2n) is 5.45. The molecule has 0 heterocycles. The van der Waals surface area contributed by atoms with Crippen molar-refractivity contribution in [3.63, 3.8) is 0 Å². The highest BCUT2D eigenvalue weighted by Crippen LogP contribution is 2.39. The Morgan fingerprint density at radius 3 is 2.80 bits per heavy atom. The fraction of sp³-hybridized carbons (Fsp3) is 0.625. The van der Waals surface area contributed by atoms with Crippen LogP contribution in [0.4, 0.5) is 0 Å². The second-order valence-corrected chi connectivity index (χ2v) is 5.86. The Kier molecular flexibility index (Phi) is 5.55. The van der Waals surface area contributed by atoms with Crippen molar-refractivity contribution in [2.45, 2.75) is 51.7 Å². The molecule has 1 fully saturated rings. The summed E-state index contributed by atoms with van der Waals surface area (Å²) < 4.78 is 11.4. The first-order chi connectivity index (χ1) is 9.67. The van der Waals surface area contributed by atoms with E-state index in [0.29, 0.717) is 16.5 Å². The van der Waals surface area contributed by atoms with Crippen LogP contribution in [-0.2, 0) is 6.61 Å². The molecule has 0 aliphatic heterocycles. The molecule has 20 heavy (non-hydrogen) atoms. The summed E-state index contributed by atoms with van der Waals surface area (Å²) in [4.78, 5) is 0. The zero-order valence-electron chi connectivity index (χ0n) is 12.2. The third-order valence-corrected chi connectivity index (χ3v) is 4.35. The smallest absolute Gasteiger partial charge is 0.180 e. The third-order valence-electron chi connectivity index (χ3n) is 4.07. The van der Waals surface area contributed by atoms with E-state index in [1.165, 1.54) is 19.3 Å². The molecule has 0 spiro atoms. The minimum Gasteiger partial charge on any atom is -0.493 e. The van der Waals surface area contributed by atoms with E-state index < -0.39 is 0 Å². The maximum Gasteiger partial charge on any atom is 0.180 e. The first kappa shape index (κ1) is 15.5. The largest absolute Gasteiger partial charge is 0.493 e. The van der Waals surface area contributed by atoms with Gasteiger partial charge >= 0.3 is 0 Å². The van der Waals surface area contributed by atoms with Crippen LogP contribution in [0.1, 0.15) is 44.6 Å². The highest BCUT2D eigenvalue weighted by atomic mass is 35.5. The van der Waals surface area contributed by atoms with Gasteiger partial charge in [0, 0.05) is 0 Å². The summed E-state index contributed by atoms with van der Waals surface area (Å²) in [5, 5.41) is 9.71. The molecule has 2 unspecified atom stereocenters. The molecule has 1 aliphatic rings. The molecule has 112 valence electrons. The first-order valence-corrected chi connectivity index (χ1v) is 7.69. The van der Waals surface area contributed by atoms with Gasteiger partial charge in [-0.3, -0.25) is 0 Å². The van der Waals surface area contributed by atoms with Crippen LogP contribution in [0.2, 0.25) is 5.02 Å². The van der Waals surface area contributed by atoms with E-state index in [-0.39, 0.29) is 12.7 Å². The molecular weight excluding hydrogens is 276 g/mol. The highest BCUT2D eigenvalue weighted by Gasteiger charge is 2.24. The summed E-state index contributed by atoms with van der Waals surface area (Å²) in [5.74, 6) is 1.95. The normalized spacial score (nSPS) is 22.6. The molecule has 1 aliphatic carbocycles. The van der Waals surface area contributed by atoms with E-state index in [0.717, 1.165) is 24.3 Å². The van der Waals surface area contributed by atoms with Crippen LogP contribution in [0, 0.1) is 5.92 Å². The van der Waals surface area contributed by atoms with Gasteiger partial charge in [-0.2, -0.15) is 0 Å². The molecule has 1 N–H and O–H groups in total. The van der Waals surface area contributed by atoms with Gasteiger partial charge in [-0.25, -0.2) is 0 Å². The van der Waals surface area contributed by atoms with Crippen LogP contribution < -0.4 is 9.47 Å². The first-order valence-electron chi connectivity index (χ1n) is 7.31. The number of aliphatic hydroxyl groups excluding tert-OH is 1. The van der Waals surface area contributed by atoms with Gasteiger partial charge in [-0.05, 0) is 42.9 Å². The van der Waals surface area contributed by atoms with Gasteiger partial charge in [0.15, 0.2) is 11.5 Å². The number of halogens is 1. The number of aliphatic hydroxyl groups is 1. The minimum atomic E-state index is -0.0578. The van der Waals surface area contributed by atoms with Gasteiger partial charge in [0.1, 0.15) is 0 Å². The molecule has 0 bridgehead atoms. The minimum absolute atomic E-state index is 0.0578. The number of rotatable bonds is 5. The Bertz CT molecular complexity index is 448. The van der Waals surface area contributed by atoms with Crippen LogP contribution in [-0.4, -0.2) is 18.3 Å². The Morgan fingerprint density at radius 1 is 1.35 bits per heavy atom. The van der Waals surface area contributed by atoms with Crippen molar-refractivity contribution in [3.05, 3.63) is 22.7 Å². The SMILES string of the molecule is CCC1CCCC(Oc2c(Cl)cc(CO)cc2OC)C1. The van der Waals surface area contributed by atoms with Crippen molar-refractivity contribution >= 4 is 11.6 Å². The van der Waals surface area contributed by atoms with Crippen molar-refractivity contribution in [2.75, 3.05) is 7.11 Å². The third kappa shape index (κ3) is 3.58. The molecule has 0 amide bonds. The van der Waals surface area contributed by atoms with Crippen LogP contribution in [0.5, 0.6) is 11.5 Å². The van der Waals surface area contributed by atoms with E-state index in [2.05, 4.69) is 6.92 Å². The molecule has 1 saturated carbocycles.